The molecule has 0 saturated carbocycles. The van der Waals surface area contributed by atoms with Crippen molar-refractivity contribution in [2.24, 2.45) is 0 Å². The molecule has 1 N–H and O–H groups in total. The van der Waals surface area contributed by atoms with E-state index in [0.717, 1.165) is 27.8 Å². The highest BCUT2D eigenvalue weighted by Crippen LogP contribution is 2.30. The van der Waals surface area contributed by atoms with Gasteiger partial charge in [0.05, 0.1) is 11.5 Å². The van der Waals surface area contributed by atoms with Gasteiger partial charge in [-0.3, -0.25) is 4.98 Å². The Hall–Kier alpha value is -3.29. The molecule has 0 aliphatic heterocycles. The lowest BCUT2D eigenvalue weighted by atomic mass is 9.96. The van der Waals surface area contributed by atoms with Crippen LogP contribution < -0.4 is 4.72 Å². The van der Waals surface area contributed by atoms with Gasteiger partial charge < -0.3 is 4.74 Å². The van der Waals surface area contributed by atoms with Crippen molar-refractivity contribution in [3.63, 3.8) is 0 Å². The first kappa shape index (κ1) is 22.9. The lowest BCUT2D eigenvalue weighted by Gasteiger charge is -2.12. The highest BCUT2D eigenvalue weighted by atomic mass is 32.2. The van der Waals surface area contributed by atoms with E-state index < -0.39 is 16.0 Å². The monoisotopic (exact) mass is 462 g/mol. The molecule has 3 aromatic rings. The van der Waals surface area contributed by atoms with Crippen molar-refractivity contribution in [1.29, 1.82) is 0 Å². The second-order valence-corrected chi connectivity index (χ2v) is 9.79. The van der Waals surface area contributed by atoms with Crippen molar-refractivity contribution in [3.8, 4) is 0 Å². The molecule has 0 bridgehead atoms. The smallest absolute Gasteiger partial charge is 0.331 e. The Bertz CT molecular complexity index is 1280. The van der Waals surface area contributed by atoms with Gasteiger partial charge >= 0.3 is 5.97 Å². The molecule has 0 spiro atoms. The number of nitrogens with zero attached hydrogens (tertiary/aromatic N) is 1. The number of hydrogen-bond donors (Lipinski definition) is 1. The van der Waals surface area contributed by atoms with Crippen LogP contribution in [0.25, 0.3) is 5.57 Å². The van der Waals surface area contributed by atoms with Crippen LogP contribution in [0.3, 0.4) is 0 Å². The predicted octanol–water partition coefficient (Wildman–Crippen LogP) is 3.83. The van der Waals surface area contributed by atoms with E-state index in [2.05, 4.69) is 9.71 Å². The molecule has 4 rings (SSSR count). The molecule has 170 valence electrons. The topological polar surface area (TPSA) is 85.4 Å². The number of aromatic nitrogens is 1. The Morgan fingerprint density at radius 2 is 1.85 bits per heavy atom. The number of aryl methyl sites for hydroxylation is 1. The Kier molecular flexibility index (Phi) is 6.72. The summed E-state index contributed by atoms with van der Waals surface area (Å²) in [7, 11) is -3.60. The maximum absolute atomic E-state index is 12.8. The van der Waals surface area contributed by atoms with E-state index in [-0.39, 0.29) is 10.9 Å². The molecule has 1 heterocycles. The summed E-state index contributed by atoms with van der Waals surface area (Å²) in [6, 6.07) is 16.3. The number of nitrogens with one attached hydrogen (secondary N) is 1. The fraction of sp³-hybridized carbons (Fsp3) is 0.231. The van der Waals surface area contributed by atoms with E-state index >= 15 is 0 Å². The molecule has 33 heavy (non-hydrogen) atoms. The number of benzene rings is 2. The number of carbonyl (C=O) groups is 1. The molecule has 0 amide bonds. The fourth-order valence-corrected chi connectivity index (χ4v) is 5.27. The van der Waals surface area contributed by atoms with E-state index in [1.165, 1.54) is 6.08 Å². The van der Waals surface area contributed by atoms with Gasteiger partial charge in [0.25, 0.3) is 0 Å². The first-order chi connectivity index (χ1) is 15.9. The summed E-state index contributed by atoms with van der Waals surface area (Å²) >= 11 is 0. The summed E-state index contributed by atoms with van der Waals surface area (Å²) in [5, 5.41) is 0. The van der Waals surface area contributed by atoms with Gasteiger partial charge in [0.1, 0.15) is 0 Å². The summed E-state index contributed by atoms with van der Waals surface area (Å²) in [5.74, 6) is -0.416. The highest BCUT2D eigenvalue weighted by Gasteiger charge is 2.27. The number of fused-ring (bicyclic) bond motifs is 1. The van der Waals surface area contributed by atoms with E-state index in [1.807, 2.05) is 37.3 Å². The van der Waals surface area contributed by atoms with Crippen molar-refractivity contribution >= 4 is 21.6 Å². The highest BCUT2D eigenvalue weighted by molar-refractivity contribution is 7.89. The number of rotatable bonds is 7. The summed E-state index contributed by atoms with van der Waals surface area (Å²) in [5.41, 5.74) is 5.54. The minimum atomic E-state index is -3.60. The fourth-order valence-electron chi connectivity index (χ4n) is 4.03. The molecule has 1 aliphatic rings. The zero-order valence-corrected chi connectivity index (χ0v) is 19.4. The van der Waals surface area contributed by atoms with Gasteiger partial charge in [0.15, 0.2) is 0 Å². The summed E-state index contributed by atoms with van der Waals surface area (Å²) in [6.07, 6.45) is 6.06. The van der Waals surface area contributed by atoms with Crippen LogP contribution in [0.5, 0.6) is 0 Å². The van der Waals surface area contributed by atoms with E-state index in [4.69, 9.17) is 4.74 Å². The third kappa shape index (κ3) is 5.38. The van der Waals surface area contributed by atoms with Crippen LogP contribution in [0.2, 0.25) is 0 Å². The molecule has 1 aromatic heterocycles. The molecule has 6 nitrogen and oxygen atoms in total. The van der Waals surface area contributed by atoms with E-state index in [9.17, 15) is 13.2 Å². The number of hydrogen-bond acceptors (Lipinski definition) is 5. The third-order valence-corrected chi connectivity index (χ3v) is 7.16. The maximum atomic E-state index is 12.8. The molecular formula is C26H26N2O4S. The van der Waals surface area contributed by atoms with Crippen molar-refractivity contribution in [2.75, 3.05) is 6.61 Å². The molecular weight excluding hydrogens is 436 g/mol. The van der Waals surface area contributed by atoms with Gasteiger partial charge in [0.2, 0.25) is 10.0 Å². The minimum absolute atomic E-state index is 0.225. The van der Waals surface area contributed by atoms with Gasteiger partial charge in [-0.25, -0.2) is 17.9 Å². The van der Waals surface area contributed by atoms with Gasteiger partial charge in [-0.1, -0.05) is 42.0 Å². The van der Waals surface area contributed by atoms with Crippen molar-refractivity contribution in [3.05, 3.63) is 101 Å². The zero-order chi connectivity index (χ0) is 23.4. The molecule has 0 saturated heterocycles. The van der Waals surface area contributed by atoms with Crippen LogP contribution in [0, 0.1) is 6.92 Å². The zero-order valence-electron chi connectivity index (χ0n) is 18.6. The van der Waals surface area contributed by atoms with Crippen LogP contribution in [-0.2, 0) is 32.4 Å². The molecule has 1 atom stereocenters. The molecule has 0 radical (unpaired) electrons. The van der Waals surface area contributed by atoms with Crippen LogP contribution in [0.1, 0.15) is 34.7 Å². The largest absolute Gasteiger partial charge is 0.463 e. The summed E-state index contributed by atoms with van der Waals surface area (Å²) in [6.45, 7) is 3.98. The third-order valence-electron chi connectivity index (χ3n) is 5.62. The normalized spacial score (nSPS) is 15.8. The van der Waals surface area contributed by atoms with Crippen molar-refractivity contribution < 1.29 is 17.9 Å². The quantitative estimate of drug-likeness (QED) is 0.426. The van der Waals surface area contributed by atoms with Gasteiger partial charge in [-0.2, -0.15) is 0 Å². The first-order valence-corrected chi connectivity index (χ1v) is 12.3. The van der Waals surface area contributed by atoms with Gasteiger partial charge in [-0.15, -0.1) is 0 Å². The summed E-state index contributed by atoms with van der Waals surface area (Å²) in [4.78, 5) is 16.6. The predicted molar refractivity (Wildman–Crippen MR) is 127 cm³/mol. The Balaban J connectivity index is 1.58. The second-order valence-electron chi connectivity index (χ2n) is 8.07. The number of esters is 1. The van der Waals surface area contributed by atoms with Crippen molar-refractivity contribution in [1.82, 2.24) is 9.71 Å². The Morgan fingerprint density at radius 1 is 1.09 bits per heavy atom. The van der Waals surface area contributed by atoms with Gasteiger partial charge in [-0.05, 0) is 67.2 Å². The van der Waals surface area contributed by atoms with Crippen LogP contribution >= 0.6 is 0 Å². The Labute approximate surface area is 194 Å². The van der Waals surface area contributed by atoms with Crippen LogP contribution in [-0.4, -0.2) is 32.0 Å². The minimum Gasteiger partial charge on any atom is -0.463 e. The lowest BCUT2D eigenvalue weighted by Crippen LogP contribution is -2.35. The SMILES string of the molecule is CCOC(=O)C=C(c1cccnc1)c1ccc2c(c1)CC(NS(=O)(=O)c1ccc(C)cc1)C2. The molecule has 7 heteroatoms. The van der Waals surface area contributed by atoms with Gasteiger partial charge in [0, 0.05) is 30.1 Å². The standard InChI is InChI=1S/C26H26N2O4S/c1-3-32-26(29)16-25(21-5-4-12-27-17-21)20-9-8-19-14-23(15-22(19)13-20)28-33(30,31)24-10-6-18(2)7-11-24/h4-13,16-17,23,28H,3,14-15H2,1-2H3. The van der Waals surface area contributed by atoms with Crippen LogP contribution in [0.4, 0.5) is 0 Å². The number of ether oxygens (including phenoxy) is 1. The van der Waals surface area contributed by atoms with E-state index in [0.29, 0.717) is 25.0 Å². The summed E-state index contributed by atoms with van der Waals surface area (Å²) < 4.78 is 33.6. The lowest BCUT2D eigenvalue weighted by molar-refractivity contribution is -0.137. The van der Waals surface area contributed by atoms with E-state index in [1.54, 1.807) is 43.6 Å². The number of pyridine rings is 1. The molecule has 0 fully saturated rings. The average molecular weight is 463 g/mol. The maximum Gasteiger partial charge on any atom is 0.331 e. The average Bonchev–Trinajstić information content (AvgIpc) is 3.19. The number of sulfonamides is 1. The first-order valence-electron chi connectivity index (χ1n) is 10.9. The second kappa shape index (κ2) is 9.68. The van der Waals surface area contributed by atoms with Crippen LogP contribution in [0.15, 0.2) is 78.0 Å². The molecule has 1 aliphatic carbocycles. The Morgan fingerprint density at radius 3 is 2.55 bits per heavy atom. The molecule has 1 unspecified atom stereocenters. The van der Waals surface area contributed by atoms with Crippen molar-refractivity contribution in [2.45, 2.75) is 37.6 Å². The molecule has 2 aromatic carbocycles. The number of carbonyl (C=O) groups excluding carboxylic acids is 1.